The van der Waals surface area contributed by atoms with Gasteiger partial charge < -0.3 is 15.0 Å². The van der Waals surface area contributed by atoms with Crippen molar-refractivity contribution in [1.29, 1.82) is 0 Å². The van der Waals surface area contributed by atoms with E-state index in [0.29, 0.717) is 6.61 Å². The van der Waals surface area contributed by atoms with Gasteiger partial charge in [0.25, 0.3) is 0 Å². The number of likely N-dealkylation sites (N-methyl/N-ethyl adjacent to an activating group) is 1. The maximum atomic E-state index is 5.71. The molecule has 4 nitrogen and oxygen atoms in total. The Morgan fingerprint density at radius 2 is 2.00 bits per heavy atom. The van der Waals surface area contributed by atoms with Crippen LogP contribution in [0, 0.1) is 0 Å². The predicted octanol–water partition coefficient (Wildman–Crippen LogP) is 2.30. The number of pyridine rings is 1. The first-order valence-electron chi connectivity index (χ1n) is 7.31. The Balaban J connectivity index is 2.35. The van der Waals surface area contributed by atoms with Crippen LogP contribution in [-0.4, -0.2) is 42.7 Å². The first kappa shape index (κ1) is 15.9. The van der Waals surface area contributed by atoms with Crippen LogP contribution in [0.15, 0.2) is 18.2 Å². The summed E-state index contributed by atoms with van der Waals surface area (Å²) in [6.07, 6.45) is 1.14. The van der Waals surface area contributed by atoms with Crippen molar-refractivity contribution in [2.75, 3.05) is 32.8 Å². The number of rotatable bonds is 10. The molecule has 0 unspecified atom stereocenters. The molecule has 0 spiro atoms. The number of nitrogens with one attached hydrogen (secondary N) is 1. The highest BCUT2D eigenvalue weighted by atomic mass is 16.5. The second-order valence-electron chi connectivity index (χ2n) is 4.52. The van der Waals surface area contributed by atoms with Crippen molar-refractivity contribution in [2.24, 2.45) is 0 Å². The molecule has 1 aromatic heterocycles. The first-order valence-corrected chi connectivity index (χ1v) is 7.31. The minimum Gasteiger partial charge on any atom is -0.476 e. The lowest BCUT2D eigenvalue weighted by molar-refractivity contribution is 0.217. The predicted molar refractivity (Wildman–Crippen MR) is 79.5 cm³/mol. The highest BCUT2D eigenvalue weighted by Crippen LogP contribution is 2.07. The Labute approximate surface area is 117 Å². The minimum atomic E-state index is 0.695. The van der Waals surface area contributed by atoms with E-state index in [4.69, 9.17) is 4.74 Å². The Morgan fingerprint density at radius 1 is 1.21 bits per heavy atom. The fraction of sp³-hybridized carbons (Fsp3) is 0.667. The molecule has 0 aromatic carbocycles. The lowest BCUT2D eigenvalue weighted by Crippen LogP contribution is -2.28. The summed E-state index contributed by atoms with van der Waals surface area (Å²) in [6.45, 7) is 12.1. The quantitative estimate of drug-likeness (QED) is 0.659. The summed E-state index contributed by atoms with van der Waals surface area (Å²) in [5.74, 6) is 0.725. The lowest BCUT2D eigenvalue weighted by atomic mass is 10.3. The van der Waals surface area contributed by atoms with Crippen LogP contribution in [0.2, 0.25) is 0 Å². The Bertz CT molecular complexity index is 340. The maximum Gasteiger partial charge on any atom is 0.213 e. The van der Waals surface area contributed by atoms with Crippen molar-refractivity contribution in [2.45, 2.75) is 33.7 Å². The van der Waals surface area contributed by atoms with Gasteiger partial charge in [0.15, 0.2) is 0 Å². The van der Waals surface area contributed by atoms with E-state index in [1.165, 1.54) is 0 Å². The van der Waals surface area contributed by atoms with E-state index in [1.54, 1.807) is 0 Å². The second-order valence-corrected chi connectivity index (χ2v) is 4.52. The van der Waals surface area contributed by atoms with Crippen LogP contribution in [0.4, 0.5) is 0 Å². The van der Waals surface area contributed by atoms with Gasteiger partial charge in [-0.2, -0.15) is 0 Å². The van der Waals surface area contributed by atoms with E-state index in [0.717, 1.165) is 50.7 Å². The minimum absolute atomic E-state index is 0.695. The van der Waals surface area contributed by atoms with Crippen molar-refractivity contribution in [1.82, 2.24) is 15.2 Å². The molecule has 1 heterocycles. The van der Waals surface area contributed by atoms with E-state index < -0.39 is 0 Å². The van der Waals surface area contributed by atoms with Crippen molar-refractivity contribution in [3.63, 3.8) is 0 Å². The zero-order chi connectivity index (χ0) is 13.9. The molecule has 1 aromatic rings. The molecule has 0 radical (unpaired) electrons. The summed E-state index contributed by atoms with van der Waals surface area (Å²) >= 11 is 0. The molecule has 4 heteroatoms. The van der Waals surface area contributed by atoms with Crippen LogP contribution in [0.25, 0.3) is 0 Å². The second kappa shape index (κ2) is 9.75. The third-order valence-corrected chi connectivity index (χ3v) is 3.07. The van der Waals surface area contributed by atoms with Gasteiger partial charge in [-0.3, -0.25) is 0 Å². The van der Waals surface area contributed by atoms with Crippen LogP contribution in [0.1, 0.15) is 32.9 Å². The molecule has 0 aliphatic carbocycles. The first-order chi connectivity index (χ1) is 9.30. The standard InChI is InChI=1S/C15H27N3O/c1-4-10-16-13-14-8-7-9-15(17-14)19-12-11-18(5-2)6-3/h7-9,16H,4-6,10-13H2,1-3H3. The molecule has 0 bridgehead atoms. The van der Waals surface area contributed by atoms with Crippen molar-refractivity contribution in [3.05, 3.63) is 23.9 Å². The van der Waals surface area contributed by atoms with Crippen LogP contribution in [0.3, 0.4) is 0 Å². The topological polar surface area (TPSA) is 37.4 Å². The van der Waals surface area contributed by atoms with Gasteiger partial charge in [0.1, 0.15) is 6.61 Å². The molecule has 0 aliphatic rings. The van der Waals surface area contributed by atoms with Crippen molar-refractivity contribution >= 4 is 0 Å². The average molecular weight is 265 g/mol. The largest absolute Gasteiger partial charge is 0.476 e. The number of ether oxygens (including phenoxy) is 1. The fourth-order valence-corrected chi connectivity index (χ4v) is 1.85. The lowest BCUT2D eigenvalue weighted by Gasteiger charge is -2.17. The van der Waals surface area contributed by atoms with Crippen LogP contribution in [0.5, 0.6) is 5.88 Å². The number of nitrogens with zero attached hydrogens (tertiary/aromatic N) is 2. The molecule has 0 aliphatic heterocycles. The molecule has 0 saturated heterocycles. The zero-order valence-electron chi connectivity index (χ0n) is 12.5. The van der Waals surface area contributed by atoms with Crippen LogP contribution in [-0.2, 0) is 6.54 Å². The van der Waals surface area contributed by atoms with Gasteiger partial charge in [-0.25, -0.2) is 4.98 Å². The molecular formula is C15H27N3O. The Kier molecular flexibility index (Phi) is 8.18. The molecule has 0 atom stereocenters. The zero-order valence-corrected chi connectivity index (χ0v) is 12.5. The van der Waals surface area contributed by atoms with Gasteiger partial charge in [0.2, 0.25) is 5.88 Å². The van der Waals surface area contributed by atoms with Crippen LogP contribution < -0.4 is 10.1 Å². The number of hydrogen-bond donors (Lipinski definition) is 1. The molecule has 1 rings (SSSR count). The van der Waals surface area contributed by atoms with Gasteiger partial charge >= 0.3 is 0 Å². The average Bonchev–Trinajstić information content (AvgIpc) is 2.44. The van der Waals surface area contributed by atoms with E-state index in [9.17, 15) is 0 Å². The summed E-state index contributed by atoms with van der Waals surface area (Å²) in [5.41, 5.74) is 1.04. The van der Waals surface area contributed by atoms with Gasteiger partial charge in [0, 0.05) is 19.2 Å². The third kappa shape index (κ3) is 6.55. The monoisotopic (exact) mass is 265 g/mol. The number of aromatic nitrogens is 1. The smallest absolute Gasteiger partial charge is 0.213 e. The Hall–Kier alpha value is -1.13. The summed E-state index contributed by atoms with van der Waals surface area (Å²) in [4.78, 5) is 6.83. The fourth-order valence-electron chi connectivity index (χ4n) is 1.85. The Morgan fingerprint density at radius 3 is 2.68 bits per heavy atom. The van der Waals surface area contributed by atoms with E-state index in [1.807, 2.05) is 18.2 Å². The van der Waals surface area contributed by atoms with E-state index >= 15 is 0 Å². The normalized spacial score (nSPS) is 10.9. The molecule has 1 N–H and O–H groups in total. The maximum absolute atomic E-state index is 5.71. The molecular weight excluding hydrogens is 238 g/mol. The summed E-state index contributed by atoms with van der Waals surface area (Å²) in [6, 6.07) is 5.95. The summed E-state index contributed by atoms with van der Waals surface area (Å²) in [7, 11) is 0. The molecule has 19 heavy (non-hydrogen) atoms. The highest BCUT2D eigenvalue weighted by molar-refractivity contribution is 5.15. The van der Waals surface area contributed by atoms with Crippen molar-refractivity contribution in [3.8, 4) is 5.88 Å². The SMILES string of the molecule is CCCNCc1cccc(OCCN(CC)CC)n1. The molecule has 0 fully saturated rings. The van der Waals surface area contributed by atoms with Gasteiger partial charge in [-0.05, 0) is 32.1 Å². The molecule has 0 saturated carbocycles. The van der Waals surface area contributed by atoms with Crippen LogP contribution >= 0.6 is 0 Å². The van der Waals surface area contributed by atoms with E-state index in [2.05, 4.69) is 36.0 Å². The highest BCUT2D eigenvalue weighted by Gasteiger charge is 2.01. The molecule has 0 amide bonds. The molecule has 108 valence electrons. The summed E-state index contributed by atoms with van der Waals surface area (Å²) < 4.78 is 5.71. The van der Waals surface area contributed by atoms with Gasteiger partial charge in [-0.1, -0.05) is 26.8 Å². The summed E-state index contributed by atoms with van der Waals surface area (Å²) in [5, 5.41) is 3.34. The third-order valence-electron chi connectivity index (χ3n) is 3.07. The van der Waals surface area contributed by atoms with E-state index in [-0.39, 0.29) is 0 Å². The van der Waals surface area contributed by atoms with Gasteiger partial charge in [0.05, 0.1) is 5.69 Å². The number of hydrogen-bond acceptors (Lipinski definition) is 4. The van der Waals surface area contributed by atoms with Crippen molar-refractivity contribution < 1.29 is 4.74 Å². The van der Waals surface area contributed by atoms with Gasteiger partial charge in [-0.15, -0.1) is 0 Å².